The lowest BCUT2D eigenvalue weighted by atomic mass is 9.70. The number of amides is 2. The lowest BCUT2D eigenvalue weighted by Gasteiger charge is -2.46. The number of carbonyl (C=O) groups is 3. The minimum absolute atomic E-state index is 0.0988. The number of carbonyl (C=O) groups excluding carboxylic acids is 3. The fourth-order valence-electron chi connectivity index (χ4n) is 5.03. The zero-order valence-electron chi connectivity index (χ0n) is 16.2. The normalized spacial score (nSPS) is 29.2. The molecule has 0 aliphatic carbocycles. The topological polar surface area (TPSA) is 97.0 Å². The Kier molecular flexibility index (Phi) is 4.00. The van der Waals surface area contributed by atoms with Gasteiger partial charge in [0.2, 0.25) is 5.60 Å². The summed E-state index contributed by atoms with van der Waals surface area (Å²) < 4.78 is 12.1. The Morgan fingerprint density at radius 3 is 2.67 bits per heavy atom. The highest BCUT2D eigenvalue weighted by atomic mass is 79.9. The number of ether oxygens (including phenoxy) is 2. The SMILES string of the molecule is COC(=O)[C@@H]1CN(C)[C@]2(C(=O)Nc3ccc(Br)cc32)[C@]12Oc1ccccc1NC2=O. The number of rotatable bonds is 1. The second kappa shape index (κ2) is 6.29. The highest BCUT2D eigenvalue weighted by molar-refractivity contribution is 9.10. The Morgan fingerprint density at radius 2 is 1.90 bits per heavy atom. The van der Waals surface area contributed by atoms with Crippen LogP contribution in [0, 0.1) is 5.92 Å². The molecule has 2 N–H and O–H groups in total. The number of likely N-dealkylation sites (N-methyl/N-ethyl adjacent to an activating group) is 1. The minimum Gasteiger partial charge on any atom is -0.471 e. The summed E-state index contributed by atoms with van der Waals surface area (Å²) in [4.78, 5) is 41.9. The monoisotopic (exact) mass is 471 g/mol. The number of para-hydroxylation sites is 2. The minimum atomic E-state index is -1.86. The molecule has 0 unspecified atom stereocenters. The Hall–Kier alpha value is -2.91. The van der Waals surface area contributed by atoms with Crippen LogP contribution >= 0.6 is 15.9 Å². The van der Waals surface area contributed by atoms with Crippen LogP contribution in [0.15, 0.2) is 46.9 Å². The number of likely N-dealkylation sites (tertiary alicyclic amines) is 1. The summed E-state index contributed by atoms with van der Waals surface area (Å²) in [7, 11) is 2.96. The molecule has 0 saturated carbocycles. The molecule has 3 aliphatic heterocycles. The van der Waals surface area contributed by atoms with E-state index in [-0.39, 0.29) is 6.54 Å². The van der Waals surface area contributed by atoms with Gasteiger partial charge < -0.3 is 20.1 Å². The highest BCUT2D eigenvalue weighted by Crippen LogP contribution is 2.58. The van der Waals surface area contributed by atoms with Crippen LogP contribution in [-0.2, 0) is 24.7 Å². The average Bonchev–Trinajstić information content (AvgIpc) is 3.17. The van der Waals surface area contributed by atoms with E-state index in [1.807, 2.05) is 0 Å². The van der Waals surface area contributed by atoms with Crippen molar-refractivity contribution >= 4 is 45.1 Å². The predicted octanol–water partition coefficient (Wildman–Crippen LogP) is 2.10. The Morgan fingerprint density at radius 1 is 1.17 bits per heavy atom. The molecule has 5 rings (SSSR count). The number of esters is 1. The molecular formula is C21H18BrN3O5. The maximum absolute atomic E-state index is 13.7. The molecule has 2 aromatic carbocycles. The summed E-state index contributed by atoms with van der Waals surface area (Å²) >= 11 is 3.46. The molecule has 0 bridgehead atoms. The molecule has 154 valence electrons. The second-order valence-electron chi connectivity index (χ2n) is 7.60. The van der Waals surface area contributed by atoms with Crippen LogP contribution in [0.4, 0.5) is 11.4 Å². The molecule has 0 radical (unpaired) electrons. The van der Waals surface area contributed by atoms with Crippen LogP contribution in [0.3, 0.4) is 0 Å². The Labute approximate surface area is 180 Å². The first-order valence-corrected chi connectivity index (χ1v) is 10.2. The van der Waals surface area contributed by atoms with Gasteiger partial charge in [-0.15, -0.1) is 0 Å². The third kappa shape index (κ3) is 2.11. The number of anilines is 2. The molecule has 3 atom stereocenters. The summed E-state index contributed by atoms with van der Waals surface area (Å²) in [5.41, 5.74) is -1.82. The van der Waals surface area contributed by atoms with E-state index < -0.39 is 34.8 Å². The van der Waals surface area contributed by atoms with E-state index in [4.69, 9.17) is 9.47 Å². The van der Waals surface area contributed by atoms with E-state index in [9.17, 15) is 14.4 Å². The van der Waals surface area contributed by atoms with Gasteiger partial charge in [0, 0.05) is 22.3 Å². The van der Waals surface area contributed by atoms with Crippen molar-refractivity contribution in [3.63, 3.8) is 0 Å². The van der Waals surface area contributed by atoms with Crippen LogP contribution in [-0.4, -0.2) is 49.0 Å². The molecule has 1 fully saturated rings. The van der Waals surface area contributed by atoms with Crippen molar-refractivity contribution in [2.24, 2.45) is 5.92 Å². The zero-order chi connectivity index (χ0) is 21.3. The summed E-state index contributed by atoms with van der Waals surface area (Å²) in [6, 6.07) is 12.3. The molecule has 0 aromatic heterocycles. The second-order valence-corrected chi connectivity index (χ2v) is 8.51. The van der Waals surface area contributed by atoms with Crippen molar-refractivity contribution in [3.05, 3.63) is 52.5 Å². The van der Waals surface area contributed by atoms with Gasteiger partial charge in [0.05, 0.1) is 12.8 Å². The van der Waals surface area contributed by atoms with Crippen molar-refractivity contribution in [2.45, 2.75) is 11.1 Å². The maximum atomic E-state index is 13.7. The fraction of sp³-hybridized carbons (Fsp3) is 0.286. The molecule has 8 nitrogen and oxygen atoms in total. The van der Waals surface area contributed by atoms with Gasteiger partial charge in [-0.25, -0.2) is 0 Å². The predicted molar refractivity (Wildman–Crippen MR) is 111 cm³/mol. The van der Waals surface area contributed by atoms with Crippen molar-refractivity contribution in [2.75, 3.05) is 31.3 Å². The molecule has 9 heteroatoms. The summed E-state index contributed by atoms with van der Waals surface area (Å²) in [5, 5.41) is 5.72. The standard InChI is InChI=1S/C21H18BrN3O5/c1-25-10-13(17(26)29-2)21(19(28)24-15-5-3-4-6-16(15)30-21)20(25)12-9-11(22)7-8-14(12)23-18(20)27/h3-9,13H,10H2,1-2H3,(H,23,27)(H,24,28)/t13-,20+,21-/m0/s1. The van der Waals surface area contributed by atoms with Crippen LogP contribution in [0.1, 0.15) is 5.56 Å². The van der Waals surface area contributed by atoms with E-state index in [0.717, 1.165) is 4.47 Å². The molecule has 3 aliphatic rings. The molecular weight excluding hydrogens is 454 g/mol. The first-order valence-electron chi connectivity index (χ1n) is 9.36. The van der Waals surface area contributed by atoms with Crippen molar-refractivity contribution in [3.8, 4) is 5.75 Å². The number of halogens is 1. The van der Waals surface area contributed by atoms with Crippen LogP contribution in [0.5, 0.6) is 5.75 Å². The number of hydrogen-bond acceptors (Lipinski definition) is 6. The van der Waals surface area contributed by atoms with Crippen molar-refractivity contribution in [1.29, 1.82) is 0 Å². The van der Waals surface area contributed by atoms with Crippen molar-refractivity contribution < 1.29 is 23.9 Å². The van der Waals surface area contributed by atoms with Crippen molar-refractivity contribution in [1.82, 2.24) is 4.90 Å². The number of fused-ring (bicyclic) bond motifs is 4. The molecule has 30 heavy (non-hydrogen) atoms. The van der Waals surface area contributed by atoms with E-state index in [1.165, 1.54) is 7.11 Å². The number of methoxy groups -OCH3 is 1. The highest BCUT2D eigenvalue weighted by Gasteiger charge is 2.78. The zero-order valence-corrected chi connectivity index (χ0v) is 17.8. The lowest BCUT2D eigenvalue weighted by Crippen LogP contribution is -2.70. The van der Waals surface area contributed by atoms with E-state index in [0.29, 0.717) is 22.7 Å². The van der Waals surface area contributed by atoms with Gasteiger partial charge in [-0.05, 0) is 37.4 Å². The quantitative estimate of drug-likeness (QED) is 0.618. The lowest BCUT2D eigenvalue weighted by molar-refractivity contribution is -0.165. The van der Waals surface area contributed by atoms with Gasteiger partial charge in [-0.1, -0.05) is 28.1 Å². The largest absolute Gasteiger partial charge is 0.471 e. The van der Waals surface area contributed by atoms with Gasteiger partial charge in [0.1, 0.15) is 11.7 Å². The third-order valence-corrected chi connectivity index (χ3v) is 6.73. The third-order valence-electron chi connectivity index (χ3n) is 6.23. The maximum Gasteiger partial charge on any atom is 0.314 e. The molecule has 3 heterocycles. The number of hydrogen-bond donors (Lipinski definition) is 2. The van der Waals surface area contributed by atoms with Gasteiger partial charge in [-0.3, -0.25) is 19.3 Å². The summed E-state index contributed by atoms with van der Waals surface area (Å²) in [6.45, 7) is 0.0988. The van der Waals surface area contributed by atoms with Crippen LogP contribution in [0.25, 0.3) is 0 Å². The Bertz CT molecular complexity index is 1120. The Balaban J connectivity index is 1.84. The van der Waals surface area contributed by atoms with Gasteiger partial charge in [0.25, 0.3) is 11.8 Å². The van der Waals surface area contributed by atoms with E-state index >= 15 is 0 Å². The van der Waals surface area contributed by atoms with Crippen LogP contribution in [0.2, 0.25) is 0 Å². The average molecular weight is 472 g/mol. The first-order chi connectivity index (χ1) is 14.4. The number of nitrogens with zero attached hydrogens (tertiary/aromatic N) is 1. The van der Waals surface area contributed by atoms with E-state index in [2.05, 4.69) is 26.6 Å². The molecule has 2 spiro atoms. The summed E-state index contributed by atoms with van der Waals surface area (Å²) in [5.74, 6) is -2.26. The molecule has 1 saturated heterocycles. The van der Waals surface area contributed by atoms with Gasteiger partial charge in [0.15, 0.2) is 5.54 Å². The van der Waals surface area contributed by atoms with Gasteiger partial charge in [-0.2, -0.15) is 0 Å². The summed E-state index contributed by atoms with van der Waals surface area (Å²) in [6.07, 6.45) is 0. The van der Waals surface area contributed by atoms with Gasteiger partial charge >= 0.3 is 5.97 Å². The number of benzene rings is 2. The van der Waals surface area contributed by atoms with Crippen LogP contribution < -0.4 is 15.4 Å². The fourth-order valence-corrected chi connectivity index (χ4v) is 5.39. The number of nitrogens with one attached hydrogen (secondary N) is 2. The van der Waals surface area contributed by atoms with E-state index in [1.54, 1.807) is 54.4 Å². The first kappa shape index (κ1) is 19.1. The smallest absolute Gasteiger partial charge is 0.314 e. The molecule has 2 aromatic rings. The molecule has 2 amide bonds.